The van der Waals surface area contributed by atoms with Gasteiger partial charge in [-0.3, -0.25) is 0 Å². The van der Waals surface area contributed by atoms with E-state index < -0.39 is 11.6 Å². The van der Waals surface area contributed by atoms with E-state index in [0.717, 1.165) is 21.8 Å². The molecule has 5 heteroatoms. The molecule has 0 aliphatic rings. The van der Waals surface area contributed by atoms with Gasteiger partial charge in [0, 0.05) is 6.07 Å². The highest BCUT2D eigenvalue weighted by atomic mass is 32.1. The summed E-state index contributed by atoms with van der Waals surface area (Å²) >= 11 is 1.41. The number of hydrogen-bond donors (Lipinski definition) is 1. The fourth-order valence-corrected chi connectivity index (χ4v) is 2.92. The number of anilines is 2. The standard InChI is InChI=1S/C15H12F2N2S/c1-8-3-4-12-14(5-8)20-15(18-12)19-13-7-10(16)9(2)6-11(13)17/h3-7H,1-2H3,(H,18,19). The molecule has 0 bridgehead atoms. The summed E-state index contributed by atoms with van der Waals surface area (Å²) in [6.45, 7) is 3.53. The molecule has 3 aromatic rings. The Balaban J connectivity index is 1.99. The van der Waals surface area contributed by atoms with Crippen LogP contribution in [0.4, 0.5) is 19.6 Å². The van der Waals surface area contributed by atoms with Crippen LogP contribution >= 0.6 is 11.3 Å². The predicted molar refractivity (Wildman–Crippen MR) is 78.7 cm³/mol. The second-order valence-corrected chi connectivity index (χ2v) is 5.73. The number of rotatable bonds is 2. The van der Waals surface area contributed by atoms with E-state index in [2.05, 4.69) is 10.3 Å². The minimum absolute atomic E-state index is 0.101. The Morgan fingerprint density at radius 3 is 2.65 bits per heavy atom. The van der Waals surface area contributed by atoms with Crippen LogP contribution in [0.3, 0.4) is 0 Å². The molecule has 0 spiro atoms. The summed E-state index contributed by atoms with van der Waals surface area (Å²) in [6, 6.07) is 8.23. The average Bonchev–Trinajstić information content (AvgIpc) is 2.77. The van der Waals surface area contributed by atoms with Crippen molar-refractivity contribution in [2.24, 2.45) is 0 Å². The Morgan fingerprint density at radius 1 is 1.05 bits per heavy atom. The van der Waals surface area contributed by atoms with Crippen LogP contribution in [-0.2, 0) is 0 Å². The molecule has 1 aromatic heterocycles. The summed E-state index contributed by atoms with van der Waals surface area (Å²) in [6.07, 6.45) is 0. The summed E-state index contributed by atoms with van der Waals surface area (Å²) in [5.41, 5.74) is 2.37. The van der Waals surface area contributed by atoms with Crippen molar-refractivity contribution >= 4 is 32.4 Å². The number of nitrogens with zero attached hydrogens (tertiary/aromatic N) is 1. The van der Waals surface area contributed by atoms with Crippen molar-refractivity contribution in [2.75, 3.05) is 5.32 Å². The minimum Gasteiger partial charge on any atom is -0.329 e. The van der Waals surface area contributed by atoms with Crippen LogP contribution in [0.15, 0.2) is 30.3 Å². The van der Waals surface area contributed by atoms with E-state index in [4.69, 9.17) is 0 Å². The lowest BCUT2D eigenvalue weighted by Gasteiger charge is -2.05. The molecule has 0 unspecified atom stereocenters. The van der Waals surface area contributed by atoms with Gasteiger partial charge in [0.25, 0.3) is 0 Å². The van der Waals surface area contributed by atoms with Crippen molar-refractivity contribution in [1.82, 2.24) is 4.98 Å². The van der Waals surface area contributed by atoms with Crippen LogP contribution < -0.4 is 5.32 Å². The lowest BCUT2D eigenvalue weighted by Crippen LogP contribution is -1.96. The van der Waals surface area contributed by atoms with E-state index in [1.165, 1.54) is 24.3 Å². The summed E-state index contributed by atoms with van der Waals surface area (Å²) < 4.78 is 28.3. The molecule has 0 aliphatic carbocycles. The van der Waals surface area contributed by atoms with E-state index in [-0.39, 0.29) is 11.3 Å². The van der Waals surface area contributed by atoms with Crippen LogP contribution in [0, 0.1) is 25.5 Å². The summed E-state index contributed by atoms with van der Waals surface area (Å²) in [7, 11) is 0. The highest BCUT2D eigenvalue weighted by Gasteiger charge is 2.10. The van der Waals surface area contributed by atoms with E-state index in [0.29, 0.717) is 5.13 Å². The molecule has 0 saturated heterocycles. The largest absolute Gasteiger partial charge is 0.329 e. The Morgan fingerprint density at radius 2 is 1.85 bits per heavy atom. The molecule has 0 atom stereocenters. The number of halogens is 2. The third-order valence-electron chi connectivity index (χ3n) is 3.03. The molecule has 20 heavy (non-hydrogen) atoms. The molecular formula is C15H12F2N2S. The lowest BCUT2D eigenvalue weighted by atomic mass is 10.2. The van der Waals surface area contributed by atoms with Crippen molar-refractivity contribution in [1.29, 1.82) is 0 Å². The molecule has 0 fully saturated rings. The first-order valence-corrected chi connectivity index (χ1v) is 6.94. The van der Waals surface area contributed by atoms with Gasteiger partial charge in [0.2, 0.25) is 0 Å². The zero-order valence-corrected chi connectivity index (χ0v) is 11.8. The minimum atomic E-state index is -0.487. The number of benzene rings is 2. The molecule has 102 valence electrons. The molecule has 3 rings (SSSR count). The molecule has 1 N–H and O–H groups in total. The van der Waals surface area contributed by atoms with Gasteiger partial charge in [-0.1, -0.05) is 17.4 Å². The van der Waals surface area contributed by atoms with Gasteiger partial charge in [-0.25, -0.2) is 13.8 Å². The van der Waals surface area contributed by atoms with Gasteiger partial charge in [-0.15, -0.1) is 0 Å². The Labute approximate surface area is 119 Å². The summed E-state index contributed by atoms with van der Waals surface area (Å²) in [5.74, 6) is -0.926. The Kier molecular flexibility index (Phi) is 3.14. The van der Waals surface area contributed by atoms with E-state index in [1.807, 2.05) is 25.1 Å². The van der Waals surface area contributed by atoms with Crippen molar-refractivity contribution in [3.8, 4) is 0 Å². The predicted octanol–water partition coefficient (Wildman–Crippen LogP) is 4.93. The molecular weight excluding hydrogens is 278 g/mol. The van der Waals surface area contributed by atoms with Crippen LogP contribution in [0.2, 0.25) is 0 Å². The van der Waals surface area contributed by atoms with Crippen molar-refractivity contribution in [3.05, 3.63) is 53.1 Å². The van der Waals surface area contributed by atoms with Crippen LogP contribution in [-0.4, -0.2) is 4.98 Å². The number of nitrogens with one attached hydrogen (secondary N) is 1. The Bertz CT molecular complexity index is 796. The van der Waals surface area contributed by atoms with E-state index in [9.17, 15) is 8.78 Å². The maximum Gasteiger partial charge on any atom is 0.188 e. The second kappa shape index (κ2) is 4.83. The van der Waals surface area contributed by atoms with Gasteiger partial charge in [-0.2, -0.15) is 0 Å². The molecule has 2 nitrogen and oxygen atoms in total. The quantitative estimate of drug-likeness (QED) is 0.723. The first-order valence-electron chi connectivity index (χ1n) is 6.13. The lowest BCUT2D eigenvalue weighted by molar-refractivity contribution is 0.595. The Hall–Kier alpha value is -2.01. The van der Waals surface area contributed by atoms with Crippen molar-refractivity contribution in [2.45, 2.75) is 13.8 Å². The third-order valence-corrected chi connectivity index (χ3v) is 3.97. The SMILES string of the molecule is Cc1ccc2nc(Nc3cc(F)c(C)cc3F)sc2c1. The topological polar surface area (TPSA) is 24.9 Å². The third kappa shape index (κ3) is 2.36. The second-order valence-electron chi connectivity index (χ2n) is 4.70. The fourth-order valence-electron chi connectivity index (χ4n) is 1.94. The first-order chi connectivity index (χ1) is 9.52. The zero-order valence-electron chi connectivity index (χ0n) is 11.0. The smallest absolute Gasteiger partial charge is 0.188 e. The fraction of sp³-hybridized carbons (Fsp3) is 0.133. The van der Waals surface area contributed by atoms with Gasteiger partial charge in [0.05, 0.1) is 15.9 Å². The van der Waals surface area contributed by atoms with Crippen molar-refractivity contribution in [3.63, 3.8) is 0 Å². The highest BCUT2D eigenvalue weighted by Crippen LogP contribution is 2.30. The number of thiazole rings is 1. The average molecular weight is 290 g/mol. The molecule has 2 aromatic carbocycles. The van der Waals surface area contributed by atoms with Crippen LogP contribution in [0.5, 0.6) is 0 Å². The number of aryl methyl sites for hydroxylation is 2. The van der Waals surface area contributed by atoms with Crippen molar-refractivity contribution < 1.29 is 8.78 Å². The van der Waals surface area contributed by atoms with Crippen LogP contribution in [0.1, 0.15) is 11.1 Å². The number of fused-ring (bicyclic) bond motifs is 1. The van der Waals surface area contributed by atoms with Gasteiger partial charge >= 0.3 is 0 Å². The van der Waals surface area contributed by atoms with Crippen LogP contribution in [0.25, 0.3) is 10.2 Å². The maximum absolute atomic E-state index is 13.8. The normalized spacial score (nSPS) is 11.0. The molecule has 0 amide bonds. The number of hydrogen-bond acceptors (Lipinski definition) is 3. The molecule has 0 saturated carbocycles. The van der Waals surface area contributed by atoms with Gasteiger partial charge in [0.15, 0.2) is 5.13 Å². The van der Waals surface area contributed by atoms with Gasteiger partial charge in [0.1, 0.15) is 11.6 Å². The van der Waals surface area contributed by atoms with E-state index in [1.54, 1.807) is 0 Å². The van der Waals surface area contributed by atoms with Gasteiger partial charge < -0.3 is 5.32 Å². The molecule has 0 aliphatic heterocycles. The highest BCUT2D eigenvalue weighted by molar-refractivity contribution is 7.22. The zero-order chi connectivity index (χ0) is 14.3. The first kappa shape index (κ1) is 13.0. The molecule has 0 radical (unpaired) electrons. The maximum atomic E-state index is 13.8. The summed E-state index contributed by atoms with van der Waals surface area (Å²) in [5, 5.41) is 3.39. The summed E-state index contributed by atoms with van der Waals surface area (Å²) in [4.78, 5) is 4.36. The monoisotopic (exact) mass is 290 g/mol. The van der Waals surface area contributed by atoms with Gasteiger partial charge in [-0.05, 0) is 43.2 Å². The molecule has 1 heterocycles. The number of aromatic nitrogens is 1. The van der Waals surface area contributed by atoms with E-state index >= 15 is 0 Å².